The van der Waals surface area contributed by atoms with Gasteiger partial charge in [0.25, 0.3) is 0 Å². The lowest BCUT2D eigenvalue weighted by Gasteiger charge is -2.35. The van der Waals surface area contributed by atoms with Gasteiger partial charge in [0.05, 0.1) is 0 Å². The molecule has 2 N–H and O–H groups in total. The fourth-order valence-corrected chi connectivity index (χ4v) is 2.32. The van der Waals surface area contributed by atoms with Crippen molar-refractivity contribution in [1.29, 1.82) is 0 Å². The van der Waals surface area contributed by atoms with Crippen LogP contribution in [0, 0.1) is 5.41 Å². The molecule has 1 aliphatic rings. The lowest BCUT2D eigenvalue weighted by Crippen LogP contribution is -2.42. The van der Waals surface area contributed by atoms with E-state index in [0.717, 1.165) is 19.3 Å². The summed E-state index contributed by atoms with van der Waals surface area (Å²) in [6.07, 6.45) is 4.27. The fourth-order valence-electron chi connectivity index (χ4n) is 2.32. The quantitative estimate of drug-likeness (QED) is 0.760. The van der Waals surface area contributed by atoms with E-state index < -0.39 is 12.6 Å². The predicted molar refractivity (Wildman–Crippen MR) is 62.6 cm³/mol. The predicted octanol–water partition coefficient (Wildman–Crippen LogP) is 1.17. The second-order valence-electron chi connectivity index (χ2n) is 5.41. The molecular weight excluding hydrogens is 222 g/mol. The van der Waals surface area contributed by atoms with E-state index in [-0.39, 0.29) is 24.0 Å². The lowest BCUT2D eigenvalue weighted by molar-refractivity contribution is -0.143. The molecule has 17 heavy (non-hydrogen) atoms. The highest BCUT2D eigenvalue weighted by Crippen LogP contribution is 2.34. The first-order chi connectivity index (χ1) is 7.89. The summed E-state index contributed by atoms with van der Waals surface area (Å²) in [5.74, 6) is -1.29. The molecule has 1 amide bonds. The number of hydrogen-bond acceptors (Lipinski definition) is 3. The van der Waals surface area contributed by atoms with Crippen molar-refractivity contribution < 1.29 is 19.4 Å². The van der Waals surface area contributed by atoms with Gasteiger partial charge in [-0.05, 0) is 24.7 Å². The van der Waals surface area contributed by atoms with Gasteiger partial charge in [-0.15, -0.1) is 0 Å². The Hall–Kier alpha value is -1.10. The van der Waals surface area contributed by atoms with Crippen LogP contribution in [0.3, 0.4) is 0 Å². The summed E-state index contributed by atoms with van der Waals surface area (Å²) in [7, 11) is 0. The SMILES string of the molecule is CC1(C)CCCC(NC(=O)COCC(=O)O)C1. The molecule has 98 valence electrons. The maximum absolute atomic E-state index is 11.5. The largest absolute Gasteiger partial charge is 0.480 e. The van der Waals surface area contributed by atoms with Gasteiger partial charge in [0.2, 0.25) is 5.91 Å². The molecule has 0 spiro atoms. The summed E-state index contributed by atoms with van der Waals surface area (Å²) in [6.45, 7) is 3.80. The molecule has 0 aromatic heterocycles. The highest BCUT2D eigenvalue weighted by molar-refractivity contribution is 5.78. The zero-order chi connectivity index (χ0) is 12.9. The van der Waals surface area contributed by atoms with E-state index >= 15 is 0 Å². The van der Waals surface area contributed by atoms with Gasteiger partial charge in [-0.2, -0.15) is 0 Å². The molecule has 1 saturated carbocycles. The molecule has 1 atom stereocenters. The third-order valence-corrected chi connectivity index (χ3v) is 3.03. The number of amides is 1. The smallest absolute Gasteiger partial charge is 0.329 e. The van der Waals surface area contributed by atoms with Crippen molar-refractivity contribution in [1.82, 2.24) is 5.32 Å². The molecule has 0 aromatic carbocycles. The summed E-state index contributed by atoms with van der Waals surface area (Å²) < 4.78 is 4.74. The molecule has 0 radical (unpaired) electrons. The molecule has 1 unspecified atom stereocenters. The Balaban J connectivity index is 2.24. The Morgan fingerprint density at radius 2 is 2.12 bits per heavy atom. The first-order valence-corrected chi connectivity index (χ1v) is 5.98. The summed E-state index contributed by atoms with van der Waals surface area (Å²) in [4.78, 5) is 21.7. The Morgan fingerprint density at radius 1 is 1.41 bits per heavy atom. The number of carboxylic acids is 1. The van der Waals surface area contributed by atoms with E-state index in [1.54, 1.807) is 0 Å². The van der Waals surface area contributed by atoms with Gasteiger partial charge >= 0.3 is 5.97 Å². The first kappa shape index (κ1) is 14.0. The van der Waals surface area contributed by atoms with Crippen molar-refractivity contribution in [2.24, 2.45) is 5.41 Å². The van der Waals surface area contributed by atoms with E-state index in [1.165, 1.54) is 6.42 Å². The van der Waals surface area contributed by atoms with Gasteiger partial charge in [0.1, 0.15) is 13.2 Å². The summed E-state index contributed by atoms with van der Waals surface area (Å²) in [5.41, 5.74) is 0.276. The molecule has 1 fully saturated rings. The molecular formula is C12H21NO4. The second kappa shape index (κ2) is 6.00. The molecule has 1 aliphatic carbocycles. The number of carbonyl (C=O) groups is 2. The first-order valence-electron chi connectivity index (χ1n) is 5.98. The van der Waals surface area contributed by atoms with Crippen LogP contribution in [0.25, 0.3) is 0 Å². The van der Waals surface area contributed by atoms with Crippen molar-refractivity contribution in [2.45, 2.75) is 45.6 Å². The van der Waals surface area contributed by atoms with E-state index in [2.05, 4.69) is 19.2 Å². The molecule has 0 bridgehead atoms. The third kappa shape index (κ3) is 5.68. The maximum Gasteiger partial charge on any atom is 0.329 e. The summed E-state index contributed by atoms with van der Waals surface area (Å²) in [6, 6.07) is 0.194. The fraction of sp³-hybridized carbons (Fsp3) is 0.833. The normalized spacial score (nSPS) is 23.1. The monoisotopic (exact) mass is 243 g/mol. The Labute approximate surface area is 102 Å². The summed E-state index contributed by atoms with van der Waals surface area (Å²) >= 11 is 0. The molecule has 1 rings (SSSR count). The van der Waals surface area contributed by atoms with Crippen LogP contribution in [0.2, 0.25) is 0 Å². The Bertz CT molecular complexity index is 288. The van der Waals surface area contributed by atoms with Crippen molar-refractivity contribution in [2.75, 3.05) is 13.2 Å². The highest BCUT2D eigenvalue weighted by atomic mass is 16.5. The minimum absolute atomic E-state index is 0.177. The molecule has 0 heterocycles. The van der Waals surface area contributed by atoms with Gasteiger partial charge < -0.3 is 15.2 Å². The van der Waals surface area contributed by atoms with Crippen LogP contribution < -0.4 is 5.32 Å². The minimum Gasteiger partial charge on any atom is -0.480 e. The minimum atomic E-state index is -1.06. The van der Waals surface area contributed by atoms with Crippen molar-refractivity contribution >= 4 is 11.9 Å². The van der Waals surface area contributed by atoms with Gasteiger partial charge in [0, 0.05) is 6.04 Å². The molecule has 0 saturated heterocycles. The zero-order valence-electron chi connectivity index (χ0n) is 10.5. The zero-order valence-corrected chi connectivity index (χ0v) is 10.5. The van der Waals surface area contributed by atoms with Crippen LogP contribution in [0.1, 0.15) is 39.5 Å². The van der Waals surface area contributed by atoms with Gasteiger partial charge in [-0.25, -0.2) is 4.79 Å². The van der Waals surface area contributed by atoms with Crippen LogP contribution >= 0.6 is 0 Å². The Kier molecular flexibility index (Phi) is 4.93. The number of carbonyl (C=O) groups excluding carboxylic acids is 1. The third-order valence-electron chi connectivity index (χ3n) is 3.03. The van der Waals surface area contributed by atoms with E-state index in [0.29, 0.717) is 0 Å². The number of ether oxygens (including phenoxy) is 1. The van der Waals surface area contributed by atoms with Crippen molar-refractivity contribution in [3.63, 3.8) is 0 Å². The topological polar surface area (TPSA) is 75.6 Å². The highest BCUT2D eigenvalue weighted by Gasteiger charge is 2.28. The van der Waals surface area contributed by atoms with Crippen LogP contribution in [0.4, 0.5) is 0 Å². The average molecular weight is 243 g/mol. The number of rotatable bonds is 5. The number of aliphatic carboxylic acids is 1. The van der Waals surface area contributed by atoms with Crippen LogP contribution in [0.5, 0.6) is 0 Å². The maximum atomic E-state index is 11.5. The van der Waals surface area contributed by atoms with E-state index in [4.69, 9.17) is 9.84 Å². The standard InChI is InChI=1S/C12H21NO4/c1-12(2)5-3-4-9(6-12)13-10(14)7-17-8-11(15)16/h9H,3-8H2,1-2H3,(H,13,14)(H,15,16). The lowest BCUT2D eigenvalue weighted by atomic mass is 9.75. The van der Waals surface area contributed by atoms with Gasteiger partial charge in [0.15, 0.2) is 0 Å². The summed E-state index contributed by atoms with van der Waals surface area (Å²) in [5, 5.41) is 11.3. The average Bonchev–Trinajstić information content (AvgIpc) is 2.14. The van der Waals surface area contributed by atoms with Gasteiger partial charge in [-0.3, -0.25) is 4.79 Å². The molecule has 5 heteroatoms. The van der Waals surface area contributed by atoms with Gasteiger partial charge in [-0.1, -0.05) is 20.3 Å². The molecule has 5 nitrogen and oxygen atoms in total. The number of hydrogen-bond donors (Lipinski definition) is 2. The second-order valence-corrected chi connectivity index (χ2v) is 5.41. The van der Waals surface area contributed by atoms with E-state index in [9.17, 15) is 9.59 Å². The Morgan fingerprint density at radius 3 is 2.71 bits per heavy atom. The number of carboxylic acid groups (broad SMARTS) is 1. The van der Waals surface area contributed by atoms with Crippen LogP contribution in [-0.4, -0.2) is 36.2 Å². The van der Waals surface area contributed by atoms with Crippen molar-refractivity contribution in [3.05, 3.63) is 0 Å². The van der Waals surface area contributed by atoms with Crippen LogP contribution in [0.15, 0.2) is 0 Å². The van der Waals surface area contributed by atoms with Crippen molar-refractivity contribution in [3.8, 4) is 0 Å². The number of nitrogens with one attached hydrogen (secondary N) is 1. The molecule has 0 aromatic rings. The van der Waals surface area contributed by atoms with E-state index in [1.807, 2.05) is 0 Å². The van der Waals surface area contributed by atoms with Crippen LogP contribution in [-0.2, 0) is 14.3 Å². The molecule has 0 aliphatic heterocycles.